The molecule has 0 fully saturated rings. The molecule has 2 heterocycles. The lowest BCUT2D eigenvalue weighted by Gasteiger charge is -2.07. The fourth-order valence-electron chi connectivity index (χ4n) is 2.80. The first kappa shape index (κ1) is 14.6. The molecule has 0 radical (unpaired) electrons. The molecule has 0 saturated carbocycles. The van der Waals surface area contributed by atoms with Gasteiger partial charge in [0.15, 0.2) is 0 Å². The number of rotatable bonds is 5. The van der Waals surface area contributed by atoms with Crippen LogP contribution < -0.4 is 5.32 Å². The van der Waals surface area contributed by atoms with Gasteiger partial charge in [0.1, 0.15) is 0 Å². The fraction of sp³-hybridized carbons (Fsp3) is 0.158. The number of nitrogens with one attached hydrogen (secondary N) is 1. The number of alkyl halides is 1. The predicted octanol–water partition coefficient (Wildman–Crippen LogP) is 4.32. The maximum absolute atomic E-state index is 12.2. The van der Waals surface area contributed by atoms with E-state index in [0.29, 0.717) is 18.7 Å². The van der Waals surface area contributed by atoms with E-state index >= 15 is 0 Å². The summed E-state index contributed by atoms with van der Waals surface area (Å²) in [4.78, 5) is 9.26. The Kier molecular flexibility index (Phi) is 3.83. The minimum Gasteiger partial charge on any atom is -0.385 e. The van der Waals surface area contributed by atoms with Crippen LogP contribution >= 0.6 is 0 Å². The van der Waals surface area contributed by atoms with Crippen LogP contribution in [0.2, 0.25) is 0 Å². The van der Waals surface area contributed by atoms with Crippen LogP contribution in [0, 0.1) is 0 Å². The van der Waals surface area contributed by atoms with Crippen molar-refractivity contribution >= 4 is 22.5 Å². The molecule has 0 bridgehead atoms. The minimum atomic E-state index is -0.307. The van der Waals surface area contributed by atoms with Crippen LogP contribution in [-0.2, 0) is 0 Å². The largest absolute Gasteiger partial charge is 0.385 e. The normalized spacial score (nSPS) is 11.2. The van der Waals surface area contributed by atoms with Gasteiger partial charge in [0.25, 0.3) is 0 Å². The zero-order chi connectivity index (χ0) is 16.4. The number of hydrogen-bond donors (Lipinski definition) is 1. The molecule has 24 heavy (non-hydrogen) atoms. The second kappa shape index (κ2) is 6.28. The van der Waals surface area contributed by atoms with Crippen LogP contribution in [0.25, 0.3) is 28.1 Å². The molecule has 0 aliphatic rings. The van der Waals surface area contributed by atoms with Crippen LogP contribution in [0.4, 0.5) is 10.1 Å². The molecule has 0 saturated heterocycles. The van der Waals surface area contributed by atoms with Gasteiger partial charge in [-0.1, -0.05) is 24.3 Å². The Balaban J connectivity index is 1.71. The first-order chi connectivity index (χ1) is 11.8. The van der Waals surface area contributed by atoms with Crippen molar-refractivity contribution in [2.24, 2.45) is 0 Å². The molecule has 2 aromatic carbocycles. The van der Waals surface area contributed by atoms with Crippen LogP contribution in [0.3, 0.4) is 0 Å². The topological polar surface area (TPSA) is 42.2 Å². The Bertz CT molecular complexity index is 993. The lowest BCUT2D eigenvalue weighted by Crippen LogP contribution is -2.02. The minimum absolute atomic E-state index is 0.307. The van der Waals surface area contributed by atoms with Gasteiger partial charge in [0, 0.05) is 24.0 Å². The number of aromatic nitrogens is 3. The molecular formula is C19H17FN4. The molecule has 4 rings (SSSR count). The van der Waals surface area contributed by atoms with Gasteiger partial charge in [-0.2, -0.15) is 0 Å². The maximum atomic E-state index is 12.2. The molecular weight excluding hydrogens is 303 g/mol. The third kappa shape index (κ3) is 2.69. The van der Waals surface area contributed by atoms with Gasteiger partial charge < -0.3 is 5.32 Å². The van der Waals surface area contributed by atoms with Crippen molar-refractivity contribution < 1.29 is 4.39 Å². The van der Waals surface area contributed by atoms with Crippen molar-refractivity contribution in [1.82, 2.24) is 14.4 Å². The Morgan fingerprint density at radius 3 is 2.83 bits per heavy atom. The third-order valence-electron chi connectivity index (χ3n) is 3.98. The van der Waals surface area contributed by atoms with Crippen LogP contribution in [0.15, 0.2) is 60.8 Å². The average molecular weight is 320 g/mol. The van der Waals surface area contributed by atoms with E-state index in [2.05, 4.69) is 15.3 Å². The van der Waals surface area contributed by atoms with Gasteiger partial charge in [-0.15, -0.1) is 0 Å². The SMILES string of the molecule is FCCCNc1cccc(-c2ccn3c(n2)nc2ccccc23)c1. The summed E-state index contributed by atoms with van der Waals surface area (Å²) in [5, 5.41) is 3.23. The number of halogens is 1. The second-order valence-electron chi connectivity index (χ2n) is 5.63. The van der Waals surface area contributed by atoms with Crippen LogP contribution in [0.1, 0.15) is 6.42 Å². The number of nitrogens with zero attached hydrogens (tertiary/aromatic N) is 3. The summed E-state index contributed by atoms with van der Waals surface area (Å²) in [6.07, 6.45) is 2.51. The summed E-state index contributed by atoms with van der Waals surface area (Å²) < 4.78 is 14.2. The number of imidazole rings is 1. The Labute approximate surface area is 139 Å². The number of fused-ring (bicyclic) bond motifs is 3. The molecule has 120 valence electrons. The first-order valence-corrected chi connectivity index (χ1v) is 7.99. The number of benzene rings is 2. The summed E-state index contributed by atoms with van der Waals surface area (Å²) in [6.45, 7) is 0.316. The van der Waals surface area contributed by atoms with Crippen molar-refractivity contribution in [2.75, 3.05) is 18.5 Å². The van der Waals surface area contributed by atoms with E-state index in [9.17, 15) is 4.39 Å². The molecule has 2 aromatic heterocycles. The van der Waals surface area contributed by atoms with E-state index in [1.807, 2.05) is 65.2 Å². The summed E-state index contributed by atoms with van der Waals surface area (Å²) in [6, 6.07) is 18.0. The van der Waals surface area contributed by atoms with Crippen LogP contribution in [-0.4, -0.2) is 27.6 Å². The highest BCUT2D eigenvalue weighted by Gasteiger charge is 2.07. The van der Waals surface area contributed by atoms with Gasteiger partial charge >= 0.3 is 0 Å². The van der Waals surface area contributed by atoms with Crippen molar-refractivity contribution in [2.45, 2.75) is 6.42 Å². The Morgan fingerprint density at radius 1 is 1.00 bits per heavy atom. The zero-order valence-electron chi connectivity index (χ0n) is 13.1. The zero-order valence-corrected chi connectivity index (χ0v) is 13.1. The van der Waals surface area contributed by atoms with Gasteiger partial charge in [-0.3, -0.25) is 8.79 Å². The first-order valence-electron chi connectivity index (χ1n) is 7.99. The quantitative estimate of drug-likeness (QED) is 0.557. The Hall–Kier alpha value is -2.95. The monoisotopic (exact) mass is 320 g/mol. The molecule has 5 heteroatoms. The van der Waals surface area contributed by atoms with Crippen molar-refractivity contribution in [3.05, 3.63) is 60.8 Å². The van der Waals surface area contributed by atoms with Gasteiger partial charge in [0.05, 0.1) is 23.4 Å². The van der Waals surface area contributed by atoms with Crippen molar-refractivity contribution in [3.63, 3.8) is 0 Å². The maximum Gasteiger partial charge on any atom is 0.235 e. The van der Waals surface area contributed by atoms with Crippen molar-refractivity contribution in [1.29, 1.82) is 0 Å². The fourth-order valence-corrected chi connectivity index (χ4v) is 2.80. The van der Waals surface area contributed by atoms with Crippen LogP contribution in [0.5, 0.6) is 0 Å². The van der Waals surface area contributed by atoms with E-state index in [0.717, 1.165) is 28.0 Å². The number of anilines is 1. The Morgan fingerprint density at radius 2 is 1.92 bits per heavy atom. The summed E-state index contributed by atoms with van der Waals surface area (Å²) in [7, 11) is 0. The van der Waals surface area contributed by atoms with Gasteiger partial charge in [0.2, 0.25) is 5.78 Å². The smallest absolute Gasteiger partial charge is 0.235 e. The van der Waals surface area contributed by atoms with E-state index in [1.165, 1.54) is 0 Å². The highest BCUT2D eigenvalue weighted by Crippen LogP contribution is 2.23. The summed E-state index contributed by atoms with van der Waals surface area (Å²) >= 11 is 0. The molecule has 4 aromatic rings. The van der Waals surface area contributed by atoms with Gasteiger partial charge in [-0.25, -0.2) is 9.97 Å². The van der Waals surface area contributed by atoms with Crippen molar-refractivity contribution in [3.8, 4) is 11.3 Å². The molecule has 0 aliphatic heterocycles. The number of hydrogen-bond acceptors (Lipinski definition) is 3. The average Bonchev–Trinajstić information content (AvgIpc) is 3.00. The highest BCUT2D eigenvalue weighted by atomic mass is 19.1. The standard InChI is InChI=1S/C19H17FN4/c20-10-4-11-21-15-6-3-5-14(13-15)16-9-12-24-18-8-2-1-7-17(18)23-19(24)22-16/h1-3,5-9,12-13,21H,4,10-11H2. The molecule has 4 nitrogen and oxygen atoms in total. The lowest BCUT2D eigenvalue weighted by atomic mass is 10.1. The predicted molar refractivity (Wildman–Crippen MR) is 95.0 cm³/mol. The third-order valence-corrected chi connectivity index (χ3v) is 3.98. The summed E-state index contributed by atoms with van der Waals surface area (Å²) in [5.41, 5.74) is 4.83. The van der Waals surface area contributed by atoms with E-state index in [1.54, 1.807) is 0 Å². The van der Waals surface area contributed by atoms with Gasteiger partial charge in [-0.05, 0) is 36.8 Å². The molecule has 0 amide bonds. The molecule has 0 aliphatic carbocycles. The second-order valence-corrected chi connectivity index (χ2v) is 5.63. The molecule has 1 N–H and O–H groups in total. The van der Waals surface area contributed by atoms with E-state index in [4.69, 9.17) is 0 Å². The summed E-state index contributed by atoms with van der Waals surface area (Å²) in [5.74, 6) is 0.685. The highest BCUT2D eigenvalue weighted by molar-refractivity contribution is 5.80. The molecule has 0 unspecified atom stereocenters. The molecule has 0 spiro atoms. The lowest BCUT2D eigenvalue weighted by molar-refractivity contribution is 0.481. The van der Waals surface area contributed by atoms with E-state index in [-0.39, 0.29) is 6.67 Å². The number of para-hydroxylation sites is 2. The van der Waals surface area contributed by atoms with E-state index < -0.39 is 0 Å². The molecule has 0 atom stereocenters.